The van der Waals surface area contributed by atoms with E-state index in [0.29, 0.717) is 10.6 Å². The molecule has 1 fully saturated rings. The molecule has 1 heterocycles. The zero-order chi connectivity index (χ0) is 19.7. The molecule has 27 heavy (non-hydrogen) atoms. The van der Waals surface area contributed by atoms with E-state index in [2.05, 4.69) is 0 Å². The van der Waals surface area contributed by atoms with E-state index >= 15 is 0 Å². The SMILES string of the molecule is CS(=O)(=O)OC1(c2ccc(Cl)c(Cl)c2)CN(C(=O)OCc2ccccc2)C1. The molecule has 0 aromatic heterocycles. The van der Waals surface area contributed by atoms with Gasteiger partial charge in [-0.3, -0.25) is 4.18 Å². The molecule has 3 rings (SSSR count). The lowest BCUT2D eigenvalue weighted by atomic mass is 9.86. The summed E-state index contributed by atoms with van der Waals surface area (Å²) in [4.78, 5) is 13.6. The van der Waals surface area contributed by atoms with Crippen molar-refractivity contribution in [3.8, 4) is 0 Å². The van der Waals surface area contributed by atoms with E-state index in [1.165, 1.54) is 4.90 Å². The van der Waals surface area contributed by atoms with E-state index in [1.54, 1.807) is 18.2 Å². The molecule has 0 spiro atoms. The van der Waals surface area contributed by atoms with E-state index < -0.39 is 21.8 Å². The lowest BCUT2D eigenvalue weighted by Gasteiger charge is -2.48. The Morgan fingerprint density at radius 3 is 2.37 bits per heavy atom. The van der Waals surface area contributed by atoms with Crippen molar-refractivity contribution >= 4 is 39.4 Å². The molecule has 0 bridgehead atoms. The topological polar surface area (TPSA) is 72.9 Å². The van der Waals surface area contributed by atoms with Gasteiger partial charge in [0.05, 0.1) is 29.4 Å². The minimum Gasteiger partial charge on any atom is -0.445 e. The summed E-state index contributed by atoms with van der Waals surface area (Å²) in [6, 6.07) is 14.0. The van der Waals surface area contributed by atoms with Gasteiger partial charge in [-0.15, -0.1) is 0 Å². The highest BCUT2D eigenvalue weighted by atomic mass is 35.5. The molecule has 2 aromatic carbocycles. The maximum atomic E-state index is 12.3. The summed E-state index contributed by atoms with van der Waals surface area (Å²) >= 11 is 12.0. The summed E-state index contributed by atoms with van der Waals surface area (Å²) in [6.45, 7) is 0.167. The van der Waals surface area contributed by atoms with Crippen molar-refractivity contribution < 1.29 is 22.1 Å². The normalized spacial score (nSPS) is 15.9. The number of halogens is 2. The molecule has 6 nitrogen and oxygen atoms in total. The van der Waals surface area contributed by atoms with Crippen molar-refractivity contribution in [3.05, 3.63) is 69.7 Å². The third-order valence-corrected chi connectivity index (χ3v) is 5.47. The molecule has 0 unspecified atom stereocenters. The van der Waals surface area contributed by atoms with Crippen molar-refractivity contribution in [2.75, 3.05) is 19.3 Å². The van der Waals surface area contributed by atoms with Crippen LogP contribution in [0, 0.1) is 0 Å². The molecule has 0 atom stereocenters. The minimum absolute atomic E-state index is 0.0195. The maximum absolute atomic E-state index is 12.3. The van der Waals surface area contributed by atoms with E-state index in [-0.39, 0.29) is 24.7 Å². The van der Waals surface area contributed by atoms with Crippen molar-refractivity contribution in [2.45, 2.75) is 12.2 Å². The van der Waals surface area contributed by atoms with Crippen LogP contribution in [-0.2, 0) is 31.2 Å². The first-order valence-corrected chi connectivity index (χ1v) is 10.6. The molecule has 1 amide bonds. The molecule has 144 valence electrons. The van der Waals surface area contributed by atoms with Crippen LogP contribution in [0.5, 0.6) is 0 Å². The summed E-state index contributed by atoms with van der Waals surface area (Å²) in [5.41, 5.74) is 0.164. The van der Waals surface area contributed by atoms with Gasteiger partial charge in [0.15, 0.2) is 0 Å². The van der Waals surface area contributed by atoms with Crippen LogP contribution in [0.25, 0.3) is 0 Å². The number of rotatable bonds is 5. The molecular formula is C18H17Cl2NO5S. The van der Waals surface area contributed by atoms with E-state index in [1.807, 2.05) is 30.3 Å². The van der Waals surface area contributed by atoms with Gasteiger partial charge in [-0.2, -0.15) is 8.42 Å². The minimum atomic E-state index is -3.77. The lowest BCUT2D eigenvalue weighted by molar-refractivity contribution is -0.0713. The second-order valence-corrected chi connectivity index (χ2v) is 8.70. The number of likely N-dealkylation sites (tertiary alicyclic amines) is 1. The molecule has 2 aromatic rings. The highest BCUT2D eigenvalue weighted by Crippen LogP contribution is 2.39. The third-order valence-electron chi connectivity index (χ3n) is 4.11. The second-order valence-electron chi connectivity index (χ2n) is 6.31. The number of hydrogen-bond donors (Lipinski definition) is 0. The monoisotopic (exact) mass is 429 g/mol. The standard InChI is InChI=1S/C18H17Cl2NO5S/c1-27(23,24)26-18(14-7-8-15(19)16(20)9-14)11-21(12-18)17(22)25-10-13-5-3-2-4-6-13/h2-9H,10-12H2,1H3. The molecule has 0 N–H and O–H groups in total. The fourth-order valence-electron chi connectivity index (χ4n) is 2.86. The molecular weight excluding hydrogens is 413 g/mol. The number of benzene rings is 2. The summed E-state index contributed by atoms with van der Waals surface area (Å²) < 4.78 is 34.0. The van der Waals surface area contributed by atoms with E-state index in [4.69, 9.17) is 32.1 Å². The van der Waals surface area contributed by atoms with E-state index in [0.717, 1.165) is 11.8 Å². The van der Waals surface area contributed by atoms with Crippen LogP contribution in [0.2, 0.25) is 10.0 Å². The van der Waals surface area contributed by atoms with Crippen LogP contribution in [0.3, 0.4) is 0 Å². The van der Waals surface area contributed by atoms with Crippen LogP contribution in [-0.4, -0.2) is 38.8 Å². The first-order chi connectivity index (χ1) is 12.7. The number of amides is 1. The Hall–Kier alpha value is -1.80. The van der Waals surface area contributed by atoms with Gasteiger partial charge in [0.1, 0.15) is 12.2 Å². The Bertz CT molecular complexity index is 943. The van der Waals surface area contributed by atoms with Crippen LogP contribution in [0.4, 0.5) is 4.79 Å². The van der Waals surface area contributed by atoms with Gasteiger partial charge in [-0.05, 0) is 23.3 Å². The van der Waals surface area contributed by atoms with Gasteiger partial charge in [-0.25, -0.2) is 4.79 Å². The summed E-state index contributed by atoms with van der Waals surface area (Å²) in [5, 5.41) is 0.615. The lowest BCUT2D eigenvalue weighted by Crippen LogP contribution is -2.63. The first kappa shape index (κ1) is 19.9. The molecule has 9 heteroatoms. The fraction of sp³-hybridized carbons (Fsp3) is 0.278. The van der Waals surface area contributed by atoms with Gasteiger partial charge in [0.25, 0.3) is 10.1 Å². The Kier molecular flexibility index (Phi) is 5.67. The van der Waals surface area contributed by atoms with Gasteiger partial charge >= 0.3 is 6.09 Å². The number of carbonyl (C=O) groups is 1. The maximum Gasteiger partial charge on any atom is 0.410 e. The van der Waals surface area contributed by atoms with Gasteiger partial charge in [0, 0.05) is 0 Å². The Labute approximate surface area is 167 Å². The zero-order valence-corrected chi connectivity index (χ0v) is 16.7. The highest BCUT2D eigenvalue weighted by Gasteiger charge is 2.51. The van der Waals surface area contributed by atoms with Crippen molar-refractivity contribution in [3.63, 3.8) is 0 Å². The summed E-state index contributed by atoms with van der Waals surface area (Å²) in [7, 11) is -3.77. The largest absolute Gasteiger partial charge is 0.445 e. The summed E-state index contributed by atoms with van der Waals surface area (Å²) in [6.07, 6.45) is 0.412. The van der Waals surface area contributed by atoms with Crippen LogP contribution in [0.1, 0.15) is 11.1 Å². The molecule has 0 radical (unpaired) electrons. The van der Waals surface area contributed by atoms with Crippen LogP contribution < -0.4 is 0 Å². The van der Waals surface area contributed by atoms with Crippen molar-refractivity contribution in [1.29, 1.82) is 0 Å². The van der Waals surface area contributed by atoms with Crippen LogP contribution in [0.15, 0.2) is 48.5 Å². The van der Waals surface area contributed by atoms with Crippen molar-refractivity contribution in [1.82, 2.24) is 4.90 Å². The predicted molar refractivity (Wildman–Crippen MR) is 102 cm³/mol. The molecule has 1 aliphatic rings. The second kappa shape index (κ2) is 7.67. The number of carbonyl (C=O) groups excluding carboxylic acids is 1. The number of ether oxygens (including phenoxy) is 1. The zero-order valence-electron chi connectivity index (χ0n) is 14.4. The Morgan fingerprint density at radius 2 is 1.78 bits per heavy atom. The van der Waals surface area contributed by atoms with Gasteiger partial charge < -0.3 is 9.64 Å². The Balaban J connectivity index is 1.72. The third kappa shape index (κ3) is 4.73. The smallest absolute Gasteiger partial charge is 0.410 e. The molecule has 1 aliphatic heterocycles. The first-order valence-electron chi connectivity index (χ1n) is 8.00. The molecule has 0 saturated carbocycles. The molecule has 1 saturated heterocycles. The fourth-order valence-corrected chi connectivity index (χ4v) is 3.94. The predicted octanol–water partition coefficient (Wildman–Crippen LogP) is 3.82. The quantitative estimate of drug-likeness (QED) is 0.675. The number of nitrogens with zero attached hydrogens (tertiary/aromatic N) is 1. The Morgan fingerprint density at radius 1 is 1.11 bits per heavy atom. The molecule has 0 aliphatic carbocycles. The average Bonchev–Trinajstić information content (AvgIpc) is 2.58. The average molecular weight is 430 g/mol. The number of hydrogen-bond acceptors (Lipinski definition) is 5. The van der Waals surface area contributed by atoms with E-state index in [9.17, 15) is 13.2 Å². The van der Waals surface area contributed by atoms with Crippen molar-refractivity contribution in [2.24, 2.45) is 0 Å². The summed E-state index contributed by atoms with van der Waals surface area (Å²) in [5.74, 6) is 0. The highest BCUT2D eigenvalue weighted by molar-refractivity contribution is 7.86. The van der Waals surface area contributed by atoms with Gasteiger partial charge in [0.2, 0.25) is 0 Å². The van der Waals surface area contributed by atoms with Crippen LogP contribution >= 0.6 is 23.2 Å². The van der Waals surface area contributed by atoms with Gasteiger partial charge in [-0.1, -0.05) is 59.6 Å².